The molecule has 2 fully saturated rings. The van der Waals surface area contributed by atoms with E-state index in [-0.39, 0.29) is 0 Å². The van der Waals surface area contributed by atoms with Crippen molar-refractivity contribution >= 4 is 0 Å². The minimum Gasteiger partial charge on any atom is -0.316 e. The maximum Gasteiger partial charge on any atom is 0.00700 e. The first-order valence-corrected chi connectivity index (χ1v) is 5.81. The lowest BCUT2D eigenvalue weighted by molar-refractivity contribution is 0.106. The molecule has 0 saturated carbocycles. The van der Waals surface area contributed by atoms with Crippen LogP contribution in [0.5, 0.6) is 0 Å². The van der Waals surface area contributed by atoms with Gasteiger partial charge < -0.3 is 10.2 Å². The van der Waals surface area contributed by atoms with Crippen molar-refractivity contribution in [1.29, 1.82) is 0 Å². The van der Waals surface area contributed by atoms with E-state index in [0.717, 1.165) is 12.0 Å². The molecule has 76 valence electrons. The number of likely N-dealkylation sites (tertiary alicyclic amines) is 1. The molecule has 13 heavy (non-hydrogen) atoms. The smallest absolute Gasteiger partial charge is 0.00700 e. The molecule has 2 unspecified atom stereocenters. The van der Waals surface area contributed by atoms with E-state index in [2.05, 4.69) is 17.1 Å². The third kappa shape index (κ3) is 2.44. The number of piperidine rings is 1. The summed E-state index contributed by atoms with van der Waals surface area (Å²) >= 11 is 0. The van der Waals surface area contributed by atoms with Gasteiger partial charge in [0.2, 0.25) is 0 Å². The van der Waals surface area contributed by atoms with Crippen molar-refractivity contribution < 1.29 is 0 Å². The van der Waals surface area contributed by atoms with Crippen LogP contribution in [0.4, 0.5) is 0 Å². The molecule has 0 spiro atoms. The van der Waals surface area contributed by atoms with Crippen molar-refractivity contribution in [3.63, 3.8) is 0 Å². The summed E-state index contributed by atoms with van der Waals surface area (Å²) in [5.41, 5.74) is 0. The first kappa shape index (κ1) is 9.47. The molecule has 0 amide bonds. The fraction of sp³-hybridized carbons (Fsp3) is 1.00. The third-order valence-electron chi connectivity index (χ3n) is 3.59. The van der Waals surface area contributed by atoms with Crippen LogP contribution in [-0.4, -0.2) is 37.1 Å². The van der Waals surface area contributed by atoms with Crippen LogP contribution in [0.3, 0.4) is 0 Å². The van der Waals surface area contributed by atoms with E-state index in [4.69, 9.17) is 0 Å². The number of hydrogen-bond acceptors (Lipinski definition) is 2. The molecule has 1 N–H and O–H groups in total. The maximum atomic E-state index is 3.50. The second-order valence-corrected chi connectivity index (χ2v) is 4.69. The Labute approximate surface area is 81.7 Å². The Morgan fingerprint density at radius 3 is 2.77 bits per heavy atom. The van der Waals surface area contributed by atoms with Gasteiger partial charge in [0.15, 0.2) is 0 Å². The fourth-order valence-electron chi connectivity index (χ4n) is 2.54. The average molecular weight is 182 g/mol. The molecule has 0 bridgehead atoms. The monoisotopic (exact) mass is 182 g/mol. The largest absolute Gasteiger partial charge is 0.316 e. The van der Waals surface area contributed by atoms with Crippen LogP contribution < -0.4 is 5.32 Å². The van der Waals surface area contributed by atoms with E-state index in [1.807, 2.05) is 0 Å². The first-order chi connectivity index (χ1) is 6.36. The minimum absolute atomic E-state index is 0.832. The molecule has 0 aromatic rings. The topological polar surface area (TPSA) is 15.3 Å². The molecule has 2 heterocycles. The van der Waals surface area contributed by atoms with Gasteiger partial charge in [0.1, 0.15) is 0 Å². The standard InChI is InChI=1S/C11H22N2/c1-10(13-6-3-7-13)8-11-4-2-5-12-9-11/h10-12H,2-9H2,1H3. The normalized spacial score (nSPS) is 32.5. The van der Waals surface area contributed by atoms with Crippen molar-refractivity contribution in [3.05, 3.63) is 0 Å². The quantitative estimate of drug-likeness (QED) is 0.711. The van der Waals surface area contributed by atoms with Crippen LogP contribution in [0.1, 0.15) is 32.6 Å². The second kappa shape index (κ2) is 4.43. The fourth-order valence-corrected chi connectivity index (χ4v) is 2.54. The van der Waals surface area contributed by atoms with Crippen molar-refractivity contribution in [2.75, 3.05) is 26.2 Å². The minimum atomic E-state index is 0.832. The van der Waals surface area contributed by atoms with Crippen LogP contribution in [0.15, 0.2) is 0 Å². The molecule has 0 radical (unpaired) electrons. The van der Waals surface area contributed by atoms with E-state index < -0.39 is 0 Å². The predicted octanol–water partition coefficient (Wildman–Crippen LogP) is 1.47. The molecule has 2 saturated heterocycles. The van der Waals surface area contributed by atoms with Crippen molar-refractivity contribution in [1.82, 2.24) is 10.2 Å². The van der Waals surface area contributed by atoms with Crippen molar-refractivity contribution in [3.8, 4) is 0 Å². The van der Waals surface area contributed by atoms with Gasteiger partial charge in [0.25, 0.3) is 0 Å². The highest BCUT2D eigenvalue weighted by atomic mass is 15.2. The van der Waals surface area contributed by atoms with Crippen LogP contribution in [0.25, 0.3) is 0 Å². The Kier molecular flexibility index (Phi) is 3.23. The van der Waals surface area contributed by atoms with Gasteiger partial charge in [-0.1, -0.05) is 0 Å². The SMILES string of the molecule is CC(CC1CCCNC1)N1CCC1. The Hall–Kier alpha value is -0.0800. The van der Waals surface area contributed by atoms with E-state index >= 15 is 0 Å². The van der Waals surface area contributed by atoms with Gasteiger partial charge >= 0.3 is 0 Å². The maximum absolute atomic E-state index is 3.50. The number of rotatable bonds is 3. The lowest BCUT2D eigenvalue weighted by Gasteiger charge is -2.38. The summed E-state index contributed by atoms with van der Waals surface area (Å²) in [6.07, 6.45) is 5.67. The lowest BCUT2D eigenvalue weighted by atomic mass is 9.91. The van der Waals surface area contributed by atoms with Gasteiger partial charge in [-0.2, -0.15) is 0 Å². The van der Waals surface area contributed by atoms with Crippen LogP contribution in [0.2, 0.25) is 0 Å². The van der Waals surface area contributed by atoms with Gasteiger partial charge in [-0.25, -0.2) is 0 Å². The Balaban J connectivity index is 1.69. The van der Waals surface area contributed by atoms with Crippen LogP contribution in [0, 0.1) is 5.92 Å². The summed E-state index contributed by atoms with van der Waals surface area (Å²) in [7, 11) is 0. The number of nitrogens with one attached hydrogen (secondary N) is 1. The summed E-state index contributed by atoms with van der Waals surface area (Å²) in [6, 6.07) is 0.832. The zero-order valence-corrected chi connectivity index (χ0v) is 8.76. The van der Waals surface area contributed by atoms with E-state index in [1.54, 1.807) is 0 Å². The van der Waals surface area contributed by atoms with Crippen LogP contribution >= 0.6 is 0 Å². The van der Waals surface area contributed by atoms with Crippen molar-refractivity contribution in [2.24, 2.45) is 5.92 Å². The predicted molar refractivity (Wildman–Crippen MR) is 55.9 cm³/mol. The highest BCUT2D eigenvalue weighted by Crippen LogP contribution is 2.21. The highest BCUT2D eigenvalue weighted by molar-refractivity contribution is 4.79. The van der Waals surface area contributed by atoms with Gasteiger partial charge in [-0.15, -0.1) is 0 Å². The Morgan fingerprint density at radius 2 is 2.23 bits per heavy atom. The number of nitrogens with zero attached hydrogens (tertiary/aromatic N) is 1. The summed E-state index contributed by atoms with van der Waals surface area (Å²) in [4.78, 5) is 2.62. The van der Waals surface area contributed by atoms with Crippen molar-refractivity contribution in [2.45, 2.75) is 38.6 Å². The average Bonchev–Trinajstić information content (AvgIpc) is 2.02. The molecule has 2 heteroatoms. The van der Waals surface area contributed by atoms with Gasteiger partial charge in [0.05, 0.1) is 0 Å². The third-order valence-corrected chi connectivity index (χ3v) is 3.59. The summed E-state index contributed by atoms with van der Waals surface area (Å²) < 4.78 is 0. The molecule has 2 aliphatic rings. The Morgan fingerprint density at radius 1 is 1.38 bits per heavy atom. The summed E-state index contributed by atoms with van der Waals surface area (Å²) in [5.74, 6) is 0.948. The Bertz CT molecular complexity index is 148. The molecule has 2 atom stereocenters. The van der Waals surface area contributed by atoms with Gasteiger partial charge in [-0.3, -0.25) is 0 Å². The molecule has 0 aromatic heterocycles. The molecule has 2 aliphatic heterocycles. The van der Waals surface area contributed by atoms with E-state index in [9.17, 15) is 0 Å². The zero-order valence-electron chi connectivity index (χ0n) is 8.76. The first-order valence-electron chi connectivity index (χ1n) is 5.81. The molecule has 2 nitrogen and oxygen atoms in total. The summed E-state index contributed by atoms with van der Waals surface area (Å²) in [5, 5.41) is 3.50. The summed E-state index contributed by atoms with van der Waals surface area (Å²) in [6.45, 7) is 7.60. The van der Waals surface area contributed by atoms with Gasteiger partial charge in [-0.05, 0) is 64.7 Å². The number of hydrogen-bond donors (Lipinski definition) is 1. The molecular weight excluding hydrogens is 160 g/mol. The molecule has 0 aliphatic carbocycles. The highest BCUT2D eigenvalue weighted by Gasteiger charge is 2.23. The van der Waals surface area contributed by atoms with E-state index in [1.165, 1.54) is 51.9 Å². The van der Waals surface area contributed by atoms with E-state index in [0.29, 0.717) is 0 Å². The molecule has 2 rings (SSSR count). The van der Waals surface area contributed by atoms with Gasteiger partial charge in [0, 0.05) is 6.04 Å². The van der Waals surface area contributed by atoms with Crippen LogP contribution in [-0.2, 0) is 0 Å². The zero-order chi connectivity index (χ0) is 9.10. The molecular formula is C11H22N2. The lowest BCUT2D eigenvalue weighted by Crippen LogP contribution is -2.45. The molecule has 0 aromatic carbocycles. The second-order valence-electron chi connectivity index (χ2n) is 4.69.